The third-order valence-electron chi connectivity index (χ3n) is 3.53. The van der Waals surface area contributed by atoms with Gasteiger partial charge < -0.3 is 15.2 Å². The predicted molar refractivity (Wildman–Crippen MR) is 83.6 cm³/mol. The van der Waals surface area contributed by atoms with Gasteiger partial charge in [-0.2, -0.15) is 0 Å². The first kappa shape index (κ1) is 14.2. The molecule has 0 radical (unpaired) electrons. The molecule has 0 saturated heterocycles. The van der Waals surface area contributed by atoms with Crippen molar-refractivity contribution in [1.82, 2.24) is 5.32 Å². The Kier molecular flexibility index (Phi) is 3.35. The number of carbonyl (C=O) groups is 1. The number of hydrogen-bond donors (Lipinski definition) is 2. The second-order valence-electron chi connectivity index (χ2n) is 4.80. The zero-order valence-corrected chi connectivity index (χ0v) is 12.1. The van der Waals surface area contributed by atoms with E-state index in [1.54, 1.807) is 24.6 Å². The molecular formula is C16H11ClN2O3. The maximum atomic E-state index is 11.1. The van der Waals surface area contributed by atoms with Crippen LogP contribution in [0.25, 0.3) is 11.8 Å². The molecule has 1 aromatic carbocycles. The van der Waals surface area contributed by atoms with Crippen LogP contribution in [-0.2, 0) is 4.79 Å². The van der Waals surface area contributed by atoms with Crippen LogP contribution in [0, 0.1) is 0 Å². The number of dihydropyridines is 1. The largest absolute Gasteiger partial charge is 0.478 e. The summed E-state index contributed by atoms with van der Waals surface area (Å²) in [6.07, 6.45) is 10.1. The number of benzene rings is 1. The fraction of sp³-hybridized carbons (Fsp3) is 0. The molecule has 4 rings (SSSR count). The van der Waals surface area contributed by atoms with E-state index in [4.69, 9.17) is 9.84 Å². The van der Waals surface area contributed by atoms with Gasteiger partial charge in [0.25, 0.3) is 0 Å². The predicted octanol–water partition coefficient (Wildman–Crippen LogP) is 1.22. The van der Waals surface area contributed by atoms with Crippen molar-refractivity contribution in [1.29, 1.82) is 0 Å². The first-order valence-electron chi connectivity index (χ1n) is 6.40. The highest BCUT2D eigenvalue weighted by molar-refractivity contribution is 5.93. The van der Waals surface area contributed by atoms with Crippen LogP contribution in [0.5, 0.6) is 5.75 Å². The van der Waals surface area contributed by atoms with E-state index in [0.29, 0.717) is 5.75 Å². The zero-order chi connectivity index (χ0) is 14.4. The van der Waals surface area contributed by atoms with Crippen molar-refractivity contribution in [2.75, 3.05) is 0 Å². The van der Waals surface area contributed by atoms with Gasteiger partial charge in [-0.05, 0) is 24.3 Å². The Morgan fingerprint density at radius 1 is 1.27 bits per heavy atom. The number of ether oxygens (including phenoxy) is 1. The highest BCUT2D eigenvalue weighted by Gasteiger charge is 2.18. The quantitative estimate of drug-likeness (QED) is 0.818. The van der Waals surface area contributed by atoms with Gasteiger partial charge in [-0.15, -0.1) is 12.4 Å². The Morgan fingerprint density at radius 3 is 2.95 bits per heavy atom. The maximum absolute atomic E-state index is 11.1. The van der Waals surface area contributed by atoms with Crippen molar-refractivity contribution in [2.45, 2.75) is 0 Å². The van der Waals surface area contributed by atoms with Crippen molar-refractivity contribution < 1.29 is 14.6 Å². The fourth-order valence-corrected chi connectivity index (χ4v) is 2.51. The Morgan fingerprint density at radius 2 is 2.14 bits per heavy atom. The van der Waals surface area contributed by atoms with Crippen molar-refractivity contribution >= 4 is 30.1 Å². The number of rotatable bonds is 1. The first-order chi connectivity index (χ1) is 10.2. The van der Waals surface area contributed by atoms with Crippen LogP contribution in [0.15, 0.2) is 59.1 Å². The molecule has 0 spiro atoms. The summed E-state index contributed by atoms with van der Waals surface area (Å²) in [7, 11) is 0. The summed E-state index contributed by atoms with van der Waals surface area (Å²) in [6, 6.07) is 3.86. The van der Waals surface area contributed by atoms with E-state index in [1.165, 1.54) is 6.20 Å². The fourth-order valence-electron chi connectivity index (χ4n) is 2.51. The Labute approximate surface area is 131 Å². The number of carboxylic acid groups (broad SMARTS) is 1. The standard InChI is InChI=1S/C16H10N2O3.ClH/c19-16(20)11-5-10-2-4-21-14-7-13-9(1-3-17-13)6-12(14)15(10)18-8-11;/h1-8,18H,(H,19,20);1H. The van der Waals surface area contributed by atoms with Crippen LogP contribution >= 0.6 is 12.4 Å². The van der Waals surface area contributed by atoms with Crippen molar-refractivity contribution in [3.63, 3.8) is 0 Å². The van der Waals surface area contributed by atoms with E-state index in [9.17, 15) is 4.79 Å². The molecule has 1 aromatic rings. The van der Waals surface area contributed by atoms with Gasteiger partial charge in [-0.1, -0.05) is 0 Å². The number of aliphatic carboxylic acids is 1. The topological polar surface area (TPSA) is 70.9 Å². The minimum absolute atomic E-state index is 0. The zero-order valence-electron chi connectivity index (χ0n) is 11.2. The van der Waals surface area contributed by atoms with Gasteiger partial charge in [0.2, 0.25) is 0 Å². The molecule has 6 heteroatoms. The van der Waals surface area contributed by atoms with E-state index < -0.39 is 5.97 Å². The van der Waals surface area contributed by atoms with E-state index in [1.807, 2.05) is 18.2 Å². The maximum Gasteiger partial charge on any atom is 0.337 e. The van der Waals surface area contributed by atoms with Crippen molar-refractivity contribution in [3.8, 4) is 5.75 Å². The second kappa shape index (κ2) is 5.20. The first-order valence-corrected chi connectivity index (χ1v) is 6.40. The van der Waals surface area contributed by atoms with Gasteiger partial charge in [-0.3, -0.25) is 4.99 Å². The average Bonchev–Trinajstić information content (AvgIpc) is 2.85. The van der Waals surface area contributed by atoms with Crippen LogP contribution in [0.3, 0.4) is 0 Å². The van der Waals surface area contributed by atoms with Crippen molar-refractivity contribution in [2.24, 2.45) is 4.99 Å². The molecule has 2 N–H and O–H groups in total. The van der Waals surface area contributed by atoms with Crippen molar-refractivity contribution in [3.05, 3.63) is 70.2 Å². The normalized spacial score (nSPS) is 16.5. The van der Waals surface area contributed by atoms with Crippen LogP contribution in [-0.4, -0.2) is 11.1 Å². The van der Waals surface area contributed by atoms with E-state index in [-0.39, 0.29) is 18.0 Å². The molecule has 110 valence electrons. The molecule has 0 saturated carbocycles. The van der Waals surface area contributed by atoms with Gasteiger partial charge in [0.1, 0.15) is 5.75 Å². The average molecular weight is 315 g/mol. The number of halogens is 1. The smallest absolute Gasteiger partial charge is 0.337 e. The molecule has 0 atom stereocenters. The van der Waals surface area contributed by atoms with Gasteiger partial charge in [0.05, 0.1) is 22.9 Å². The summed E-state index contributed by atoms with van der Waals surface area (Å²) in [4.78, 5) is 15.3. The molecule has 5 nitrogen and oxygen atoms in total. The van der Waals surface area contributed by atoms with Gasteiger partial charge in [0.15, 0.2) is 0 Å². The van der Waals surface area contributed by atoms with Gasteiger partial charge >= 0.3 is 5.97 Å². The lowest BCUT2D eigenvalue weighted by molar-refractivity contribution is -0.132. The summed E-state index contributed by atoms with van der Waals surface area (Å²) in [5, 5.41) is 13.9. The molecular weight excluding hydrogens is 304 g/mol. The third-order valence-corrected chi connectivity index (χ3v) is 3.53. The molecule has 22 heavy (non-hydrogen) atoms. The summed E-state index contributed by atoms with van der Waals surface area (Å²) >= 11 is 0. The second-order valence-corrected chi connectivity index (χ2v) is 4.80. The Hall–Kier alpha value is -2.79. The van der Waals surface area contributed by atoms with Crippen LogP contribution in [0.1, 0.15) is 5.56 Å². The lowest BCUT2D eigenvalue weighted by atomic mass is 10.0. The molecule has 3 aliphatic rings. The number of nitrogens with one attached hydrogen (secondary N) is 1. The lowest BCUT2D eigenvalue weighted by Crippen LogP contribution is -2.24. The minimum atomic E-state index is -0.969. The van der Waals surface area contributed by atoms with Crippen LogP contribution in [0.4, 0.5) is 0 Å². The summed E-state index contributed by atoms with van der Waals surface area (Å²) in [6.45, 7) is 0. The molecule has 0 fully saturated rings. The molecule has 0 aromatic heterocycles. The Bertz CT molecular complexity index is 923. The molecule has 0 amide bonds. The summed E-state index contributed by atoms with van der Waals surface area (Å²) in [5.41, 5.74) is 2.82. The SMILES string of the molecule is Cl.O=C(O)C1=CNC2=c3cc4c(cc3OC=CC2=C1)=NC=C4. The molecule has 0 unspecified atom stereocenters. The molecule has 3 heterocycles. The van der Waals surface area contributed by atoms with Crippen LogP contribution in [0.2, 0.25) is 0 Å². The van der Waals surface area contributed by atoms with E-state index >= 15 is 0 Å². The number of carboxylic acids is 1. The highest BCUT2D eigenvalue weighted by atomic mass is 35.5. The van der Waals surface area contributed by atoms with E-state index in [2.05, 4.69) is 10.3 Å². The lowest BCUT2D eigenvalue weighted by Gasteiger charge is -2.14. The number of fused-ring (bicyclic) bond motifs is 3. The van der Waals surface area contributed by atoms with Gasteiger partial charge in [-0.25, -0.2) is 4.79 Å². The Balaban J connectivity index is 0.00000144. The van der Waals surface area contributed by atoms with Gasteiger partial charge in [0, 0.05) is 34.8 Å². The molecule has 3 aliphatic heterocycles. The summed E-state index contributed by atoms with van der Waals surface area (Å²) < 4.78 is 5.62. The number of nitrogens with zero attached hydrogens (tertiary/aromatic N) is 1. The third kappa shape index (κ3) is 2.12. The van der Waals surface area contributed by atoms with E-state index in [0.717, 1.165) is 27.4 Å². The molecule has 0 aliphatic carbocycles. The minimum Gasteiger partial charge on any atom is -0.478 e. The number of hydrogen-bond acceptors (Lipinski definition) is 4. The van der Waals surface area contributed by atoms with Crippen LogP contribution < -0.4 is 20.6 Å². The highest BCUT2D eigenvalue weighted by Crippen LogP contribution is 2.21. The monoisotopic (exact) mass is 314 g/mol. The summed E-state index contributed by atoms with van der Waals surface area (Å²) in [5.74, 6) is -0.279. The molecule has 0 bridgehead atoms.